The Morgan fingerprint density at radius 1 is 1.53 bits per heavy atom. The minimum absolute atomic E-state index is 0.234. The Bertz CT molecular complexity index is 354. The van der Waals surface area contributed by atoms with Crippen LogP contribution in [0.3, 0.4) is 0 Å². The second kappa shape index (κ2) is 5.43. The van der Waals surface area contributed by atoms with E-state index in [1.54, 1.807) is 12.1 Å². The molecule has 0 aromatic heterocycles. The predicted octanol–water partition coefficient (Wildman–Crippen LogP) is 2.41. The highest BCUT2D eigenvalue weighted by atomic mass is 16.3. The van der Waals surface area contributed by atoms with Crippen molar-refractivity contribution >= 4 is 0 Å². The Balaban J connectivity index is 2.83. The van der Waals surface area contributed by atoms with Crippen LogP contribution in [0, 0.1) is 12.3 Å². The third kappa shape index (κ3) is 3.00. The van der Waals surface area contributed by atoms with Gasteiger partial charge in [0.2, 0.25) is 0 Å². The van der Waals surface area contributed by atoms with Crippen molar-refractivity contribution < 1.29 is 5.11 Å². The molecule has 0 fully saturated rings. The van der Waals surface area contributed by atoms with Crippen molar-refractivity contribution in [3.05, 3.63) is 29.8 Å². The number of aromatic hydroxyl groups is 1. The van der Waals surface area contributed by atoms with Crippen LogP contribution < -0.4 is 0 Å². The van der Waals surface area contributed by atoms with Crippen LogP contribution in [0.5, 0.6) is 5.75 Å². The fourth-order valence-corrected chi connectivity index (χ4v) is 1.64. The van der Waals surface area contributed by atoms with E-state index in [2.05, 4.69) is 24.7 Å². The van der Waals surface area contributed by atoms with Gasteiger partial charge in [-0.15, -0.1) is 6.42 Å². The Labute approximate surface area is 91.5 Å². The van der Waals surface area contributed by atoms with Gasteiger partial charge >= 0.3 is 0 Å². The molecule has 2 heteroatoms. The van der Waals surface area contributed by atoms with Gasteiger partial charge in [-0.2, -0.15) is 0 Å². The van der Waals surface area contributed by atoms with Gasteiger partial charge in [-0.3, -0.25) is 4.90 Å². The molecule has 1 rings (SSSR count). The van der Waals surface area contributed by atoms with Gasteiger partial charge in [-0.05, 0) is 31.2 Å². The average molecular weight is 203 g/mol. The molecule has 0 heterocycles. The van der Waals surface area contributed by atoms with Crippen molar-refractivity contribution in [1.29, 1.82) is 0 Å². The molecule has 1 N–H and O–H groups in total. The third-order valence-corrected chi connectivity index (χ3v) is 2.60. The Kier molecular flexibility index (Phi) is 4.20. The second-order valence-electron chi connectivity index (χ2n) is 3.54. The summed E-state index contributed by atoms with van der Waals surface area (Å²) in [4.78, 5) is 2.18. The largest absolute Gasteiger partial charge is 0.508 e. The maximum atomic E-state index is 9.39. The van der Waals surface area contributed by atoms with Gasteiger partial charge in [-0.1, -0.05) is 25.0 Å². The van der Waals surface area contributed by atoms with E-state index in [0.717, 1.165) is 12.1 Å². The van der Waals surface area contributed by atoms with Gasteiger partial charge < -0.3 is 5.11 Å². The van der Waals surface area contributed by atoms with Crippen LogP contribution in [-0.2, 0) is 0 Å². The fourth-order valence-electron chi connectivity index (χ4n) is 1.64. The summed E-state index contributed by atoms with van der Waals surface area (Å²) in [6, 6.07) is 7.55. The zero-order chi connectivity index (χ0) is 11.3. The quantitative estimate of drug-likeness (QED) is 0.760. The number of phenolic OH excluding ortho intramolecular Hbond substituents is 1. The molecule has 1 aromatic carbocycles. The smallest absolute Gasteiger partial charge is 0.115 e. The summed E-state index contributed by atoms with van der Waals surface area (Å²) in [6.07, 6.45) is 5.31. The molecule has 15 heavy (non-hydrogen) atoms. The molecule has 0 amide bonds. The van der Waals surface area contributed by atoms with E-state index in [0.29, 0.717) is 12.3 Å². The first-order valence-corrected chi connectivity index (χ1v) is 5.15. The van der Waals surface area contributed by atoms with Crippen molar-refractivity contribution in [1.82, 2.24) is 4.90 Å². The van der Waals surface area contributed by atoms with Gasteiger partial charge in [-0.25, -0.2) is 0 Å². The van der Waals surface area contributed by atoms with Crippen LogP contribution in [0.1, 0.15) is 25.5 Å². The summed E-state index contributed by atoms with van der Waals surface area (Å²) >= 11 is 0. The summed E-state index contributed by atoms with van der Waals surface area (Å²) in [6.45, 7) is 5.71. The Morgan fingerprint density at radius 3 is 2.80 bits per heavy atom. The monoisotopic (exact) mass is 203 g/mol. The molecule has 0 aliphatic heterocycles. The molecule has 0 spiro atoms. The summed E-state index contributed by atoms with van der Waals surface area (Å²) in [5, 5.41) is 9.39. The number of hydrogen-bond donors (Lipinski definition) is 1. The predicted molar refractivity (Wildman–Crippen MR) is 62.6 cm³/mol. The van der Waals surface area contributed by atoms with Crippen molar-refractivity contribution in [3.63, 3.8) is 0 Å². The number of hydrogen-bond acceptors (Lipinski definition) is 2. The minimum Gasteiger partial charge on any atom is -0.508 e. The summed E-state index contributed by atoms with van der Waals surface area (Å²) in [5.41, 5.74) is 1.09. The molecule has 1 atom stereocenters. The summed E-state index contributed by atoms with van der Waals surface area (Å²) in [5.74, 6) is 2.95. The van der Waals surface area contributed by atoms with E-state index < -0.39 is 0 Å². The van der Waals surface area contributed by atoms with Crippen LogP contribution in [0.4, 0.5) is 0 Å². The Hall–Kier alpha value is -1.46. The number of nitrogens with zero attached hydrogens (tertiary/aromatic N) is 1. The van der Waals surface area contributed by atoms with E-state index >= 15 is 0 Å². The van der Waals surface area contributed by atoms with Gasteiger partial charge in [0.25, 0.3) is 0 Å². The van der Waals surface area contributed by atoms with E-state index in [9.17, 15) is 5.11 Å². The second-order valence-corrected chi connectivity index (χ2v) is 3.54. The van der Waals surface area contributed by atoms with Gasteiger partial charge in [0.1, 0.15) is 5.75 Å². The van der Waals surface area contributed by atoms with Crippen LogP contribution in [-0.4, -0.2) is 23.1 Å². The molecule has 0 unspecified atom stereocenters. The zero-order valence-corrected chi connectivity index (χ0v) is 9.27. The first-order chi connectivity index (χ1) is 7.19. The van der Waals surface area contributed by atoms with Gasteiger partial charge in [0.05, 0.1) is 6.54 Å². The molecule has 0 aliphatic carbocycles. The zero-order valence-electron chi connectivity index (χ0n) is 9.27. The molecule has 1 aromatic rings. The van der Waals surface area contributed by atoms with Crippen LogP contribution in [0.15, 0.2) is 24.3 Å². The molecule has 0 radical (unpaired) electrons. The highest BCUT2D eigenvalue weighted by Gasteiger charge is 2.12. The first-order valence-electron chi connectivity index (χ1n) is 5.15. The van der Waals surface area contributed by atoms with E-state index in [1.807, 2.05) is 12.1 Å². The SMILES string of the molecule is C#CCN(CC)[C@H](C)c1cccc(O)c1. The molecule has 2 nitrogen and oxygen atoms in total. The highest BCUT2D eigenvalue weighted by molar-refractivity contribution is 5.29. The van der Waals surface area contributed by atoms with Crippen LogP contribution in [0.25, 0.3) is 0 Å². The lowest BCUT2D eigenvalue weighted by Gasteiger charge is -2.26. The van der Waals surface area contributed by atoms with E-state index in [1.165, 1.54) is 0 Å². The van der Waals surface area contributed by atoms with Crippen LogP contribution >= 0.6 is 0 Å². The highest BCUT2D eigenvalue weighted by Crippen LogP contribution is 2.22. The average Bonchev–Trinajstić information content (AvgIpc) is 2.25. The number of benzene rings is 1. The van der Waals surface area contributed by atoms with Crippen LogP contribution in [0.2, 0.25) is 0 Å². The molecule has 0 aliphatic rings. The third-order valence-electron chi connectivity index (χ3n) is 2.60. The molecule has 80 valence electrons. The maximum Gasteiger partial charge on any atom is 0.115 e. The van der Waals surface area contributed by atoms with Gasteiger partial charge in [0.15, 0.2) is 0 Å². The molecular weight excluding hydrogens is 186 g/mol. The van der Waals surface area contributed by atoms with Crippen molar-refractivity contribution in [3.8, 4) is 18.1 Å². The molecule has 0 saturated heterocycles. The number of terminal acetylenes is 1. The standard InChI is InChI=1S/C13H17NO/c1-4-9-14(5-2)11(3)12-7-6-8-13(15)10-12/h1,6-8,10-11,15H,5,9H2,2-3H3/t11-/m1/s1. The normalized spacial score (nSPS) is 12.4. The van der Waals surface area contributed by atoms with Gasteiger partial charge in [0, 0.05) is 6.04 Å². The van der Waals surface area contributed by atoms with E-state index in [-0.39, 0.29) is 6.04 Å². The molecule has 0 bridgehead atoms. The Morgan fingerprint density at radius 2 is 2.27 bits per heavy atom. The summed E-state index contributed by atoms with van der Waals surface area (Å²) in [7, 11) is 0. The topological polar surface area (TPSA) is 23.5 Å². The maximum absolute atomic E-state index is 9.39. The first kappa shape index (κ1) is 11.6. The molecular formula is C13H17NO. The van der Waals surface area contributed by atoms with Crippen molar-refractivity contribution in [2.75, 3.05) is 13.1 Å². The van der Waals surface area contributed by atoms with Crippen molar-refractivity contribution in [2.24, 2.45) is 0 Å². The number of rotatable bonds is 4. The lowest BCUT2D eigenvalue weighted by Crippen LogP contribution is -2.27. The van der Waals surface area contributed by atoms with Crippen molar-refractivity contribution in [2.45, 2.75) is 19.9 Å². The number of phenols is 1. The van der Waals surface area contributed by atoms with E-state index in [4.69, 9.17) is 6.42 Å². The fraction of sp³-hybridized carbons (Fsp3) is 0.385. The summed E-state index contributed by atoms with van der Waals surface area (Å²) < 4.78 is 0. The lowest BCUT2D eigenvalue weighted by molar-refractivity contribution is 0.250. The molecule has 0 saturated carbocycles. The lowest BCUT2D eigenvalue weighted by atomic mass is 10.1. The minimum atomic E-state index is 0.234.